The summed E-state index contributed by atoms with van der Waals surface area (Å²) in [4.78, 5) is 0.496. The maximum absolute atomic E-state index is 10.6. The van der Waals surface area contributed by atoms with Crippen molar-refractivity contribution in [1.82, 2.24) is 0 Å². The first-order chi connectivity index (χ1) is 5.11. The van der Waals surface area contributed by atoms with Gasteiger partial charge in [-0.2, -0.15) is 0 Å². The van der Waals surface area contributed by atoms with E-state index in [4.69, 9.17) is 4.55 Å². The van der Waals surface area contributed by atoms with Crippen LogP contribution >= 0.6 is 0 Å². The summed E-state index contributed by atoms with van der Waals surface area (Å²) >= 11 is -1.85. The second-order valence-electron chi connectivity index (χ2n) is 2.52. The minimum atomic E-state index is -1.85. The van der Waals surface area contributed by atoms with Crippen LogP contribution in [0.15, 0.2) is 23.1 Å². The molecule has 1 N–H and O–H groups in total. The molecular formula is C6H8B2O2S. The normalized spacial score (nSPS) is 12.8. The fourth-order valence-electron chi connectivity index (χ4n) is 0.995. The maximum atomic E-state index is 10.6. The van der Waals surface area contributed by atoms with Gasteiger partial charge in [-0.1, -0.05) is 23.1 Å². The van der Waals surface area contributed by atoms with E-state index in [2.05, 4.69) is 0 Å². The molecule has 1 aromatic carbocycles. The van der Waals surface area contributed by atoms with Gasteiger partial charge >= 0.3 is 0 Å². The molecule has 0 heterocycles. The Morgan fingerprint density at radius 3 is 2.45 bits per heavy atom. The zero-order chi connectivity index (χ0) is 8.43. The smallest absolute Gasteiger partial charge is 0.185 e. The highest BCUT2D eigenvalue weighted by atomic mass is 32.2. The highest BCUT2D eigenvalue weighted by molar-refractivity contribution is 7.79. The van der Waals surface area contributed by atoms with E-state index in [1.165, 1.54) is 0 Å². The standard InChI is InChI=1S/C6H8B2O2S/c7-4-1-2-6(11(9)10)5(8)3-4/h1-3H,7-8H2,(H,9,10). The Kier molecular flexibility index (Phi) is 2.52. The monoisotopic (exact) mass is 166 g/mol. The summed E-state index contributed by atoms with van der Waals surface area (Å²) in [6.45, 7) is 0. The van der Waals surface area contributed by atoms with Crippen molar-refractivity contribution in [2.45, 2.75) is 4.90 Å². The van der Waals surface area contributed by atoms with Gasteiger partial charge in [0, 0.05) is 0 Å². The molecule has 0 amide bonds. The molecule has 1 aromatic rings. The minimum Gasteiger partial charge on any atom is -0.302 e. The van der Waals surface area contributed by atoms with Crippen LogP contribution in [0.1, 0.15) is 0 Å². The van der Waals surface area contributed by atoms with E-state index in [9.17, 15) is 4.21 Å². The molecule has 5 heteroatoms. The van der Waals surface area contributed by atoms with Crippen LogP contribution in [0.3, 0.4) is 0 Å². The van der Waals surface area contributed by atoms with Crippen LogP contribution in [0.5, 0.6) is 0 Å². The van der Waals surface area contributed by atoms with Gasteiger partial charge in [-0.25, -0.2) is 4.21 Å². The Labute approximate surface area is 70.1 Å². The molecule has 11 heavy (non-hydrogen) atoms. The topological polar surface area (TPSA) is 37.3 Å². The molecule has 0 saturated carbocycles. The van der Waals surface area contributed by atoms with Crippen LogP contribution in [-0.2, 0) is 11.1 Å². The summed E-state index contributed by atoms with van der Waals surface area (Å²) in [5, 5.41) is 0. The molecular weight excluding hydrogens is 158 g/mol. The van der Waals surface area contributed by atoms with Crippen molar-refractivity contribution in [2.24, 2.45) is 0 Å². The van der Waals surface area contributed by atoms with Crippen LogP contribution in [0.25, 0.3) is 0 Å². The molecule has 1 atom stereocenters. The first-order valence-electron chi connectivity index (χ1n) is 3.29. The molecule has 1 unspecified atom stereocenters. The highest BCUT2D eigenvalue weighted by Gasteiger charge is 2.02. The average Bonchev–Trinajstić information content (AvgIpc) is 1.85. The van der Waals surface area contributed by atoms with Gasteiger partial charge in [0.2, 0.25) is 0 Å². The second-order valence-corrected chi connectivity index (χ2v) is 3.46. The van der Waals surface area contributed by atoms with E-state index in [-0.39, 0.29) is 0 Å². The van der Waals surface area contributed by atoms with Crippen LogP contribution < -0.4 is 10.9 Å². The van der Waals surface area contributed by atoms with E-state index in [0.717, 1.165) is 10.9 Å². The average molecular weight is 166 g/mol. The summed E-state index contributed by atoms with van der Waals surface area (Å²) < 4.78 is 19.4. The zero-order valence-electron chi connectivity index (χ0n) is 6.50. The Hall–Kier alpha value is -0.540. The van der Waals surface area contributed by atoms with Crippen molar-refractivity contribution in [3.05, 3.63) is 18.2 Å². The third-order valence-corrected chi connectivity index (χ3v) is 2.35. The number of rotatable bonds is 1. The molecule has 0 bridgehead atoms. The first kappa shape index (κ1) is 8.56. The molecule has 0 radical (unpaired) electrons. The van der Waals surface area contributed by atoms with Gasteiger partial charge in [0.05, 0.1) is 4.90 Å². The van der Waals surface area contributed by atoms with E-state index < -0.39 is 11.1 Å². The van der Waals surface area contributed by atoms with E-state index >= 15 is 0 Å². The van der Waals surface area contributed by atoms with Crippen molar-refractivity contribution in [3.8, 4) is 0 Å². The molecule has 0 spiro atoms. The number of hydrogen-bond donors (Lipinski definition) is 1. The van der Waals surface area contributed by atoms with Crippen molar-refractivity contribution in [1.29, 1.82) is 0 Å². The van der Waals surface area contributed by atoms with E-state index in [1.54, 1.807) is 6.07 Å². The molecule has 2 nitrogen and oxygen atoms in total. The van der Waals surface area contributed by atoms with Gasteiger partial charge in [0.25, 0.3) is 0 Å². The SMILES string of the molecule is Bc1ccc(S(=O)O)c(B)c1. The van der Waals surface area contributed by atoms with Gasteiger partial charge < -0.3 is 4.55 Å². The lowest BCUT2D eigenvalue weighted by molar-refractivity contribution is 0.565. The fourth-order valence-corrected chi connectivity index (χ4v) is 1.51. The predicted molar refractivity (Wildman–Crippen MR) is 51.8 cm³/mol. The maximum Gasteiger partial charge on any atom is 0.185 e. The van der Waals surface area contributed by atoms with Gasteiger partial charge in [-0.3, -0.25) is 0 Å². The Morgan fingerprint density at radius 2 is 2.00 bits per heavy atom. The predicted octanol–water partition coefficient (Wildman–Crippen LogP) is -2.22. The summed E-state index contributed by atoms with van der Waals surface area (Å²) in [5.74, 6) is 0. The lowest BCUT2D eigenvalue weighted by atomic mass is 9.88. The van der Waals surface area contributed by atoms with Gasteiger partial charge in [0.15, 0.2) is 11.1 Å². The van der Waals surface area contributed by atoms with Crippen LogP contribution in [-0.4, -0.2) is 24.5 Å². The van der Waals surface area contributed by atoms with E-state index in [1.807, 2.05) is 27.8 Å². The number of hydrogen-bond acceptors (Lipinski definition) is 1. The molecule has 0 aromatic heterocycles. The first-order valence-corrected chi connectivity index (χ1v) is 4.40. The molecule has 0 aliphatic heterocycles. The Morgan fingerprint density at radius 1 is 1.36 bits per heavy atom. The molecule has 0 fully saturated rings. The van der Waals surface area contributed by atoms with Crippen molar-refractivity contribution >= 4 is 37.7 Å². The lowest BCUT2D eigenvalue weighted by Crippen LogP contribution is -2.17. The van der Waals surface area contributed by atoms with Crippen molar-refractivity contribution in [2.75, 3.05) is 0 Å². The lowest BCUT2D eigenvalue weighted by Gasteiger charge is -2.01. The van der Waals surface area contributed by atoms with Crippen molar-refractivity contribution < 1.29 is 8.76 Å². The third-order valence-electron chi connectivity index (χ3n) is 1.52. The Balaban J connectivity index is 3.20. The van der Waals surface area contributed by atoms with Gasteiger partial charge in [-0.15, -0.1) is 0 Å². The summed E-state index contributed by atoms with van der Waals surface area (Å²) in [7, 11) is 3.79. The molecule has 0 saturated heterocycles. The largest absolute Gasteiger partial charge is 0.302 e. The highest BCUT2D eigenvalue weighted by Crippen LogP contribution is 1.96. The minimum absolute atomic E-state index is 0.496. The summed E-state index contributed by atoms with van der Waals surface area (Å²) in [5.41, 5.74) is 1.97. The van der Waals surface area contributed by atoms with Crippen LogP contribution in [0, 0.1) is 0 Å². The summed E-state index contributed by atoms with van der Waals surface area (Å²) in [6.07, 6.45) is 0. The Bertz CT molecular complexity index is 301. The van der Waals surface area contributed by atoms with Crippen molar-refractivity contribution in [3.63, 3.8) is 0 Å². The molecule has 0 aliphatic carbocycles. The van der Waals surface area contributed by atoms with Crippen LogP contribution in [0.2, 0.25) is 0 Å². The second kappa shape index (κ2) is 3.24. The summed E-state index contributed by atoms with van der Waals surface area (Å²) in [6, 6.07) is 5.40. The van der Waals surface area contributed by atoms with Gasteiger partial charge in [0.1, 0.15) is 15.7 Å². The van der Waals surface area contributed by atoms with Crippen LogP contribution in [0.4, 0.5) is 0 Å². The van der Waals surface area contributed by atoms with Gasteiger partial charge in [-0.05, 0) is 6.07 Å². The quantitative estimate of drug-likeness (QED) is 0.379. The molecule has 56 valence electrons. The molecule has 1 rings (SSSR count). The number of benzene rings is 1. The van der Waals surface area contributed by atoms with E-state index in [0.29, 0.717) is 4.90 Å². The third kappa shape index (κ3) is 1.94. The zero-order valence-corrected chi connectivity index (χ0v) is 7.31. The fraction of sp³-hybridized carbons (Fsp3) is 0. The molecule has 0 aliphatic rings.